The van der Waals surface area contributed by atoms with Crippen molar-refractivity contribution in [1.82, 2.24) is 0 Å². The topological polar surface area (TPSA) is 71.2 Å². The SMILES string of the molecule is COc1c(N=Nc2ccccc2)ccc(O)c1C=O. The van der Waals surface area contributed by atoms with E-state index in [1.807, 2.05) is 18.2 Å². The number of hydrogen-bond acceptors (Lipinski definition) is 5. The Balaban J connectivity index is 2.41. The second-order valence-corrected chi connectivity index (χ2v) is 3.70. The molecule has 1 N–H and O–H groups in total. The molecule has 0 atom stereocenters. The van der Waals surface area contributed by atoms with Crippen molar-refractivity contribution in [2.75, 3.05) is 7.11 Å². The van der Waals surface area contributed by atoms with Crippen molar-refractivity contribution >= 4 is 17.7 Å². The Morgan fingerprint density at radius 3 is 2.47 bits per heavy atom. The lowest BCUT2D eigenvalue weighted by Crippen LogP contribution is -1.91. The number of methoxy groups -OCH3 is 1. The predicted molar refractivity (Wildman–Crippen MR) is 70.7 cm³/mol. The van der Waals surface area contributed by atoms with Gasteiger partial charge in [-0.05, 0) is 24.3 Å². The van der Waals surface area contributed by atoms with Crippen LogP contribution in [0.5, 0.6) is 11.5 Å². The van der Waals surface area contributed by atoms with Crippen molar-refractivity contribution in [3.05, 3.63) is 48.0 Å². The highest BCUT2D eigenvalue weighted by Gasteiger charge is 2.12. The number of ether oxygens (including phenoxy) is 1. The Labute approximate surface area is 110 Å². The third-order valence-corrected chi connectivity index (χ3v) is 2.50. The largest absolute Gasteiger partial charge is 0.507 e. The molecule has 0 aliphatic heterocycles. The monoisotopic (exact) mass is 256 g/mol. The van der Waals surface area contributed by atoms with Gasteiger partial charge in [0.1, 0.15) is 17.0 Å². The molecule has 0 radical (unpaired) electrons. The number of phenols is 1. The fourth-order valence-corrected chi connectivity index (χ4v) is 1.59. The summed E-state index contributed by atoms with van der Waals surface area (Å²) in [6.45, 7) is 0. The van der Waals surface area contributed by atoms with Gasteiger partial charge in [0.25, 0.3) is 0 Å². The van der Waals surface area contributed by atoms with Crippen molar-refractivity contribution in [3.63, 3.8) is 0 Å². The van der Waals surface area contributed by atoms with Gasteiger partial charge in [0.2, 0.25) is 0 Å². The number of carbonyl (C=O) groups excluding carboxylic acids is 1. The number of hydrogen-bond donors (Lipinski definition) is 1. The van der Waals surface area contributed by atoms with E-state index in [9.17, 15) is 9.90 Å². The number of rotatable bonds is 4. The van der Waals surface area contributed by atoms with Crippen molar-refractivity contribution in [2.45, 2.75) is 0 Å². The summed E-state index contributed by atoms with van der Waals surface area (Å²) in [7, 11) is 1.41. The minimum Gasteiger partial charge on any atom is -0.507 e. The number of carbonyl (C=O) groups is 1. The summed E-state index contributed by atoms with van der Waals surface area (Å²) in [5, 5.41) is 17.6. The Morgan fingerprint density at radius 1 is 1.11 bits per heavy atom. The van der Waals surface area contributed by atoms with Crippen LogP contribution in [0.1, 0.15) is 10.4 Å². The van der Waals surface area contributed by atoms with Crippen LogP contribution in [0.4, 0.5) is 11.4 Å². The van der Waals surface area contributed by atoms with Crippen molar-refractivity contribution in [2.24, 2.45) is 10.2 Å². The number of azo groups is 1. The maximum Gasteiger partial charge on any atom is 0.160 e. The van der Waals surface area contributed by atoms with Gasteiger partial charge in [-0.25, -0.2) is 0 Å². The fraction of sp³-hybridized carbons (Fsp3) is 0.0714. The molecule has 0 fully saturated rings. The van der Waals surface area contributed by atoms with Gasteiger partial charge in [-0.3, -0.25) is 4.79 Å². The van der Waals surface area contributed by atoms with Crippen LogP contribution in [0.2, 0.25) is 0 Å². The van der Waals surface area contributed by atoms with Crippen LogP contribution in [0.25, 0.3) is 0 Å². The van der Waals surface area contributed by atoms with Gasteiger partial charge in [0.05, 0.1) is 12.8 Å². The van der Waals surface area contributed by atoms with E-state index in [-0.39, 0.29) is 17.1 Å². The van der Waals surface area contributed by atoms with Crippen LogP contribution in [0.3, 0.4) is 0 Å². The minimum absolute atomic E-state index is 0.0620. The zero-order chi connectivity index (χ0) is 13.7. The zero-order valence-electron chi connectivity index (χ0n) is 10.3. The molecule has 96 valence electrons. The van der Waals surface area contributed by atoms with E-state index >= 15 is 0 Å². The van der Waals surface area contributed by atoms with Gasteiger partial charge >= 0.3 is 0 Å². The molecule has 2 rings (SSSR count). The molecule has 0 saturated carbocycles. The molecule has 0 unspecified atom stereocenters. The molecule has 0 saturated heterocycles. The quantitative estimate of drug-likeness (QED) is 0.670. The zero-order valence-corrected chi connectivity index (χ0v) is 10.3. The first-order valence-corrected chi connectivity index (χ1v) is 5.58. The first-order valence-electron chi connectivity index (χ1n) is 5.58. The third kappa shape index (κ3) is 2.77. The lowest BCUT2D eigenvalue weighted by Gasteiger charge is -2.07. The average molecular weight is 256 g/mol. The van der Waals surface area contributed by atoms with Crippen LogP contribution < -0.4 is 4.74 Å². The standard InChI is InChI=1S/C14H12N2O3/c1-19-14-11(9-17)13(18)8-7-12(14)16-15-10-5-3-2-4-6-10/h2-9,18H,1H3. The predicted octanol–water partition coefficient (Wildman–Crippen LogP) is 3.63. The maximum absolute atomic E-state index is 10.9. The van der Waals surface area contributed by atoms with Crippen molar-refractivity contribution in [1.29, 1.82) is 0 Å². The van der Waals surface area contributed by atoms with Gasteiger partial charge in [-0.2, -0.15) is 5.11 Å². The van der Waals surface area contributed by atoms with E-state index in [1.54, 1.807) is 12.1 Å². The van der Waals surface area contributed by atoms with Crippen LogP contribution in [0.15, 0.2) is 52.7 Å². The summed E-state index contributed by atoms with van der Waals surface area (Å²) in [4.78, 5) is 10.9. The van der Waals surface area contributed by atoms with E-state index < -0.39 is 0 Å². The summed E-state index contributed by atoms with van der Waals surface area (Å²) in [6.07, 6.45) is 0.524. The van der Waals surface area contributed by atoms with E-state index in [0.717, 1.165) is 0 Å². The first kappa shape index (κ1) is 12.8. The molecule has 0 heterocycles. The van der Waals surface area contributed by atoms with Gasteiger partial charge in [-0.1, -0.05) is 18.2 Å². The molecule has 2 aromatic carbocycles. The Hall–Kier alpha value is -2.69. The van der Waals surface area contributed by atoms with E-state index in [4.69, 9.17) is 4.74 Å². The molecule has 0 spiro atoms. The van der Waals surface area contributed by atoms with E-state index in [2.05, 4.69) is 10.2 Å². The third-order valence-electron chi connectivity index (χ3n) is 2.50. The number of aldehydes is 1. The Kier molecular flexibility index (Phi) is 3.87. The summed E-state index contributed by atoms with van der Waals surface area (Å²) in [6, 6.07) is 12.1. The Morgan fingerprint density at radius 2 is 1.84 bits per heavy atom. The molecule has 0 amide bonds. The number of benzene rings is 2. The minimum atomic E-state index is -0.148. The lowest BCUT2D eigenvalue weighted by molar-refractivity contribution is 0.111. The van der Waals surface area contributed by atoms with Crippen LogP contribution in [0, 0.1) is 0 Å². The highest BCUT2D eigenvalue weighted by atomic mass is 16.5. The molecular weight excluding hydrogens is 244 g/mol. The fourth-order valence-electron chi connectivity index (χ4n) is 1.59. The number of nitrogens with zero attached hydrogens (tertiary/aromatic N) is 2. The molecule has 0 aliphatic carbocycles. The molecule has 19 heavy (non-hydrogen) atoms. The van der Waals surface area contributed by atoms with Gasteiger partial charge in [0, 0.05) is 0 Å². The number of aromatic hydroxyl groups is 1. The van der Waals surface area contributed by atoms with Crippen LogP contribution in [-0.4, -0.2) is 18.5 Å². The smallest absolute Gasteiger partial charge is 0.160 e. The molecule has 2 aromatic rings. The highest BCUT2D eigenvalue weighted by Crippen LogP contribution is 2.36. The molecule has 0 bridgehead atoms. The van der Waals surface area contributed by atoms with E-state index in [0.29, 0.717) is 17.7 Å². The summed E-state index contributed by atoms with van der Waals surface area (Å²) in [5.41, 5.74) is 1.13. The molecule has 5 nitrogen and oxygen atoms in total. The maximum atomic E-state index is 10.9. The van der Waals surface area contributed by atoms with Crippen LogP contribution in [-0.2, 0) is 0 Å². The van der Waals surface area contributed by atoms with Gasteiger partial charge in [0.15, 0.2) is 12.0 Å². The number of phenolic OH excluding ortho intramolecular Hbond substituents is 1. The summed E-state index contributed by atoms with van der Waals surface area (Å²) in [5.74, 6) is 0.0557. The molecular formula is C14H12N2O3. The van der Waals surface area contributed by atoms with Gasteiger partial charge in [-0.15, -0.1) is 5.11 Å². The van der Waals surface area contributed by atoms with Crippen molar-refractivity contribution in [3.8, 4) is 11.5 Å². The Bertz CT molecular complexity index is 610. The first-order chi connectivity index (χ1) is 9.26. The van der Waals surface area contributed by atoms with E-state index in [1.165, 1.54) is 19.2 Å². The second kappa shape index (κ2) is 5.77. The molecule has 0 aromatic heterocycles. The summed E-state index contributed by atoms with van der Waals surface area (Å²) >= 11 is 0. The normalized spacial score (nSPS) is 10.6. The highest BCUT2D eigenvalue weighted by molar-refractivity contribution is 5.86. The van der Waals surface area contributed by atoms with Crippen molar-refractivity contribution < 1.29 is 14.6 Å². The van der Waals surface area contributed by atoms with Gasteiger partial charge < -0.3 is 9.84 Å². The van der Waals surface area contributed by atoms with Crippen LogP contribution >= 0.6 is 0 Å². The molecule has 0 aliphatic rings. The summed E-state index contributed by atoms with van der Waals surface area (Å²) < 4.78 is 5.09. The molecule has 5 heteroatoms. The average Bonchev–Trinajstić information content (AvgIpc) is 2.46. The second-order valence-electron chi connectivity index (χ2n) is 3.70. The lowest BCUT2D eigenvalue weighted by atomic mass is 10.1.